The molecule has 3 N–H and O–H groups in total. The zero-order chi connectivity index (χ0) is 14.4. The molecular weight excluding hydrogens is 254 g/mol. The summed E-state index contributed by atoms with van der Waals surface area (Å²) < 4.78 is 0. The Morgan fingerprint density at radius 3 is 2.70 bits per heavy atom. The van der Waals surface area contributed by atoms with Crippen LogP contribution in [0.5, 0.6) is 0 Å². The smallest absolute Gasteiger partial charge is 0.286 e. The molecule has 0 aliphatic carbocycles. The fourth-order valence-electron chi connectivity index (χ4n) is 1.64. The molecule has 102 valence electrons. The monoisotopic (exact) mass is 269 g/mol. The minimum absolute atomic E-state index is 0.382. The number of aromatic nitrogens is 1. The van der Waals surface area contributed by atoms with Gasteiger partial charge in [0.25, 0.3) is 11.8 Å². The minimum atomic E-state index is -0.397. The second-order valence-electron chi connectivity index (χ2n) is 4.27. The maximum atomic E-state index is 11.6. The first-order valence-corrected chi connectivity index (χ1v) is 6.13. The Morgan fingerprint density at radius 2 is 2.00 bits per heavy atom. The molecule has 0 radical (unpaired) electrons. The third-order valence-electron chi connectivity index (χ3n) is 2.61. The summed E-state index contributed by atoms with van der Waals surface area (Å²) in [6.45, 7) is 1.98. The van der Waals surface area contributed by atoms with Crippen molar-refractivity contribution < 1.29 is 9.59 Å². The van der Waals surface area contributed by atoms with Crippen LogP contribution in [0.1, 0.15) is 21.6 Å². The van der Waals surface area contributed by atoms with Gasteiger partial charge >= 0.3 is 0 Å². The summed E-state index contributed by atoms with van der Waals surface area (Å²) in [5.74, 6) is -0.793. The van der Waals surface area contributed by atoms with E-state index in [-0.39, 0.29) is 0 Å². The summed E-state index contributed by atoms with van der Waals surface area (Å²) in [5, 5.41) is 0. The topological polar surface area (TPSA) is 74.0 Å². The number of hydrogen-bond donors (Lipinski definition) is 3. The molecule has 0 aliphatic heterocycles. The van der Waals surface area contributed by atoms with Crippen LogP contribution in [-0.4, -0.2) is 16.8 Å². The highest BCUT2D eigenvalue weighted by atomic mass is 16.2. The van der Waals surface area contributed by atoms with Crippen molar-refractivity contribution in [1.82, 2.24) is 15.8 Å². The van der Waals surface area contributed by atoms with Crippen LogP contribution in [0.3, 0.4) is 0 Å². The van der Waals surface area contributed by atoms with Crippen LogP contribution in [-0.2, 0) is 4.79 Å². The maximum Gasteiger partial charge on any atom is 0.286 e. The van der Waals surface area contributed by atoms with Crippen molar-refractivity contribution in [3.63, 3.8) is 0 Å². The molecule has 0 spiro atoms. The molecule has 0 unspecified atom stereocenters. The number of aromatic amines is 1. The van der Waals surface area contributed by atoms with Crippen molar-refractivity contribution in [2.45, 2.75) is 6.92 Å². The van der Waals surface area contributed by atoms with Crippen LogP contribution < -0.4 is 10.9 Å². The number of carbonyl (C=O) groups is 2. The van der Waals surface area contributed by atoms with E-state index in [4.69, 9.17) is 0 Å². The molecule has 2 amide bonds. The molecule has 0 bridgehead atoms. The summed E-state index contributed by atoms with van der Waals surface area (Å²) in [4.78, 5) is 25.8. The molecule has 5 nitrogen and oxygen atoms in total. The van der Waals surface area contributed by atoms with Gasteiger partial charge in [0.1, 0.15) is 5.69 Å². The summed E-state index contributed by atoms with van der Waals surface area (Å²) >= 11 is 0. The molecule has 0 fully saturated rings. The molecule has 1 aromatic heterocycles. The molecular formula is C15H15N3O2. The SMILES string of the molecule is Cc1cccc(/C=C/C(=O)NNC(=O)c2ccc[nH]2)c1. The number of amides is 2. The second kappa shape index (κ2) is 6.38. The molecule has 1 heterocycles. The third-order valence-corrected chi connectivity index (χ3v) is 2.61. The van der Waals surface area contributed by atoms with E-state index in [1.165, 1.54) is 6.08 Å². The van der Waals surface area contributed by atoms with E-state index in [0.717, 1.165) is 11.1 Å². The molecule has 0 saturated carbocycles. The van der Waals surface area contributed by atoms with Gasteiger partial charge in [-0.2, -0.15) is 0 Å². The van der Waals surface area contributed by atoms with Crippen molar-refractivity contribution in [1.29, 1.82) is 0 Å². The lowest BCUT2D eigenvalue weighted by molar-refractivity contribution is -0.117. The van der Waals surface area contributed by atoms with Crippen LogP contribution in [0.2, 0.25) is 0 Å². The van der Waals surface area contributed by atoms with E-state index in [0.29, 0.717) is 5.69 Å². The Labute approximate surface area is 116 Å². The fraction of sp³-hybridized carbons (Fsp3) is 0.0667. The maximum absolute atomic E-state index is 11.6. The van der Waals surface area contributed by atoms with Crippen molar-refractivity contribution in [2.24, 2.45) is 0 Å². The zero-order valence-electron chi connectivity index (χ0n) is 11.0. The normalized spacial score (nSPS) is 10.4. The van der Waals surface area contributed by atoms with Gasteiger partial charge in [0.05, 0.1) is 0 Å². The number of aryl methyl sites for hydroxylation is 1. The Bertz CT molecular complexity index is 630. The molecule has 0 atom stereocenters. The van der Waals surface area contributed by atoms with Gasteiger partial charge in [0.15, 0.2) is 0 Å². The molecule has 1 aromatic carbocycles. The highest BCUT2D eigenvalue weighted by Crippen LogP contribution is 2.05. The first-order chi connectivity index (χ1) is 9.65. The van der Waals surface area contributed by atoms with Crippen molar-refractivity contribution in [3.05, 3.63) is 65.5 Å². The van der Waals surface area contributed by atoms with Crippen molar-refractivity contribution >= 4 is 17.9 Å². The number of rotatable bonds is 3. The van der Waals surface area contributed by atoms with Gasteiger partial charge in [-0.25, -0.2) is 0 Å². The number of hydrogen-bond acceptors (Lipinski definition) is 2. The fourth-order valence-corrected chi connectivity index (χ4v) is 1.64. The lowest BCUT2D eigenvalue weighted by atomic mass is 10.1. The average Bonchev–Trinajstić information content (AvgIpc) is 2.97. The first-order valence-electron chi connectivity index (χ1n) is 6.13. The van der Waals surface area contributed by atoms with E-state index in [9.17, 15) is 9.59 Å². The van der Waals surface area contributed by atoms with Gasteiger partial charge in [-0.1, -0.05) is 29.8 Å². The van der Waals surface area contributed by atoms with E-state index in [1.807, 2.05) is 31.2 Å². The van der Waals surface area contributed by atoms with Crippen molar-refractivity contribution in [2.75, 3.05) is 0 Å². The standard InChI is InChI=1S/C15H15N3O2/c1-11-4-2-5-12(10-11)7-8-14(19)17-18-15(20)13-6-3-9-16-13/h2-10,16H,1H3,(H,17,19)(H,18,20)/b8-7+. The number of benzene rings is 1. The van der Waals surface area contributed by atoms with E-state index < -0.39 is 11.8 Å². The molecule has 20 heavy (non-hydrogen) atoms. The van der Waals surface area contributed by atoms with Crippen LogP contribution >= 0.6 is 0 Å². The second-order valence-corrected chi connectivity index (χ2v) is 4.27. The van der Waals surface area contributed by atoms with Gasteiger partial charge in [-0.05, 0) is 30.7 Å². The summed E-state index contributed by atoms with van der Waals surface area (Å²) in [7, 11) is 0. The predicted octanol–water partition coefficient (Wildman–Crippen LogP) is 1.80. The minimum Gasteiger partial charge on any atom is -0.357 e. The van der Waals surface area contributed by atoms with Gasteiger partial charge in [-0.15, -0.1) is 0 Å². The number of hydrazine groups is 1. The van der Waals surface area contributed by atoms with E-state index in [2.05, 4.69) is 15.8 Å². The van der Waals surface area contributed by atoms with Crippen LogP contribution in [0.4, 0.5) is 0 Å². The molecule has 5 heteroatoms. The van der Waals surface area contributed by atoms with Gasteiger partial charge in [0, 0.05) is 12.3 Å². The molecule has 0 aliphatic rings. The highest BCUT2D eigenvalue weighted by molar-refractivity contribution is 5.96. The van der Waals surface area contributed by atoms with Crippen LogP contribution in [0.15, 0.2) is 48.7 Å². The lowest BCUT2D eigenvalue weighted by Gasteiger charge is -2.03. The molecule has 2 rings (SSSR count). The Kier molecular flexibility index (Phi) is 4.34. The Morgan fingerprint density at radius 1 is 1.15 bits per heavy atom. The summed E-state index contributed by atoms with van der Waals surface area (Å²) in [6.07, 6.45) is 4.68. The molecule has 0 saturated heterocycles. The largest absolute Gasteiger partial charge is 0.357 e. The van der Waals surface area contributed by atoms with Gasteiger partial charge in [-0.3, -0.25) is 20.4 Å². The predicted molar refractivity (Wildman–Crippen MR) is 76.6 cm³/mol. The van der Waals surface area contributed by atoms with Crippen LogP contribution in [0, 0.1) is 6.92 Å². The zero-order valence-corrected chi connectivity index (χ0v) is 11.0. The molecule has 2 aromatic rings. The highest BCUT2D eigenvalue weighted by Gasteiger charge is 2.05. The van der Waals surface area contributed by atoms with Crippen molar-refractivity contribution in [3.8, 4) is 0 Å². The third kappa shape index (κ3) is 3.84. The first kappa shape index (κ1) is 13.6. The summed E-state index contributed by atoms with van der Waals surface area (Å²) in [6, 6.07) is 11.1. The number of H-pyrrole nitrogens is 1. The number of carbonyl (C=O) groups excluding carboxylic acids is 2. The Hall–Kier alpha value is -2.82. The van der Waals surface area contributed by atoms with Gasteiger partial charge < -0.3 is 4.98 Å². The Balaban J connectivity index is 1.85. The summed E-state index contributed by atoms with van der Waals surface area (Å²) in [5.41, 5.74) is 7.05. The number of nitrogens with one attached hydrogen (secondary N) is 3. The van der Waals surface area contributed by atoms with Gasteiger partial charge in [0.2, 0.25) is 0 Å². The van der Waals surface area contributed by atoms with E-state index in [1.54, 1.807) is 24.4 Å². The van der Waals surface area contributed by atoms with Crippen LogP contribution in [0.25, 0.3) is 6.08 Å². The quantitative estimate of drug-likeness (QED) is 0.587. The van der Waals surface area contributed by atoms with E-state index >= 15 is 0 Å². The average molecular weight is 269 g/mol. The lowest BCUT2D eigenvalue weighted by Crippen LogP contribution is -2.40.